The highest BCUT2D eigenvalue weighted by molar-refractivity contribution is 6.59. The van der Waals surface area contributed by atoms with Crippen molar-refractivity contribution in [2.45, 2.75) is 13.5 Å². The van der Waals surface area contributed by atoms with E-state index in [1.807, 2.05) is 43.8 Å². The van der Waals surface area contributed by atoms with E-state index in [-0.39, 0.29) is 0 Å². The molecule has 3 nitrogen and oxygen atoms in total. The highest BCUT2D eigenvalue weighted by atomic mass is 28.4. The molecule has 0 aliphatic heterocycles. The van der Waals surface area contributed by atoms with E-state index < -0.39 is 8.80 Å². The van der Waals surface area contributed by atoms with Crippen molar-refractivity contribution in [2.24, 2.45) is 0 Å². The van der Waals surface area contributed by atoms with Crippen molar-refractivity contribution in [1.29, 1.82) is 0 Å². The molecule has 0 fully saturated rings. The summed E-state index contributed by atoms with van der Waals surface area (Å²) in [6, 6.07) is 9.57. The van der Waals surface area contributed by atoms with Crippen molar-refractivity contribution >= 4 is 8.80 Å². The predicted octanol–water partition coefficient (Wildman–Crippen LogP) is 2.32. The summed E-state index contributed by atoms with van der Waals surface area (Å²) < 4.78 is 16.4. The minimum atomic E-state index is -2.46. The van der Waals surface area contributed by atoms with E-state index in [0.29, 0.717) is 6.61 Å². The van der Waals surface area contributed by atoms with Crippen molar-refractivity contribution in [3.63, 3.8) is 0 Å². The van der Waals surface area contributed by atoms with E-state index >= 15 is 0 Å². The first-order valence-corrected chi connectivity index (χ1v) is 6.86. The molecule has 0 amide bonds. The summed E-state index contributed by atoms with van der Waals surface area (Å²) in [5.74, 6) is 0.789. The van der Waals surface area contributed by atoms with Crippen molar-refractivity contribution in [3.05, 3.63) is 30.3 Å². The van der Waals surface area contributed by atoms with Gasteiger partial charge in [0.25, 0.3) is 0 Å². The van der Waals surface area contributed by atoms with Crippen LogP contribution in [0.25, 0.3) is 0 Å². The first-order chi connectivity index (χ1) is 6.70. The molecule has 0 N–H and O–H groups in total. The molecule has 0 saturated heterocycles. The van der Waals surface area contributed by atoms with Crippen molar-refractivity contribution in [2.75, 3.05) is 13.7 Å². The van der Waals surface area contributed by atoms with E-state index in [1.165, 1.54) is 0 Å². The standard InChI is InChI=1S/C10H16O3Si/c1-4-12-14(3,11-2)13-10-8-6-5-7-9-10/h5-9H,4H2,1-3H3. The molecule has 0 bridgehead atoms. The maximum Gasteiger partial charge on any atom is 0.562 e. The molecule has 1 atom stereocenters. The smallest absolute Gasteiger partial charge is 0.501 e. The van der Waals surface area contributed by atoms with Crippen LogP contribution in [-0.2, 0) is 8.85 Å². The van der Waals surface area contributed by atoms with Gasteiger partial charge in [0.1, 0.15) is 5.75 Å². The molecule has 4 heteroatoms. The molecule has 0 radical (unpaired) electrons. The van der Waals surface area contributed by atoms with Crippen molar-refractivity contribution < 1.29 is 13.3 Å². The van der Waals surface area contributed by atoms with Crippen LogP contribution in [-0.4, -0.2) is 22.5 Å². The van der Waals surface area contributed by atoms with Gasteiger partial charge < -0.3 is 13.3 Å². The number of benzene rings is 1. The van der Waals surface area contributed by atoms with Crippen LogP contribution in [0.1, 0.15) is 6.92 Å². The van der Waals surface area contributed by atoms with Gasteiger partial charge in [-0.3, -0.25) is 0 Å². The van der Waals surface area contributed by atoms with Crippen LogP contribution in [0.2, 0.25) is 6.55 Å². The maximum atomic E-state index is 5.69. The van der Waals surface area contributed by atoms with Gasteiger partial charge in [0.05, 0.1) is 0 Å². The second-order valence-corrected chi connectivity index (χ2v) is 5.54. The van der Waals surface area contributed by atoms with Gasteiger partial charge >= 0.3 is 8.80 Å². The lowest BCUT2D eigenvalue weighted by Gasteiger charge is -2.24. The molecule has 78 valence electrons. The molecule has 0 saturated carbocycles. The van der Waals surface area contributed by atoms with Gasteiger partial charge in [-0.05, 0) is 19.1 Å². The lowest BCUT2D eigenvalue weighted by Crippen LogP contribution is -2.44. The van der Waals surface area contributed by atoms with E-state index in [2.05, 4.69) is 0 Å². The van der Waals surface area contributed by atoms with Gasteiger partial charge in [0.15, 0.2) is 0 Å². The topological polar surface area (TPSA) is 27.7 Å². The first kappa shape index (κ1) is 11.2. The molecule has 0 aliphatic rings. The second-order valence-electron chi connectivity index (χ2n) is 2.91. The summed E-state index contributed by atoms with van der Waals surface area (Å²) in [5.41, 5.74) is 0. The summed E-state index contributed by atoms with van der Waals surface area (Å²) >= 11 is 0. The van der Waals surface area contributed by atoms with Crippen LogP contribution >= 0.6 is 0 Å². The monoisotopic (exact) mass is 212 g/mol. The lowest BCUT2D eigenvalue weighted by atomic mass is 10.3. The van der Waals surface area contributed by atoms with E-state index in [1.54, 1.807) is 7.11 Å². The molecular formula is C10H16O3Si. The summed E-state index contributed by atoms with van der Waals surface area (Å²) in [4.78, 5) is 0. The summed E-state index contributed by atoms with van der Waals surface area (Å²) in [6.07, 6.45) is 0. The van der Waals surface area contributed by atoms with Crippen molar-refractivity contribution in [1.82, 2.24) is 0 Å². The zero-order valence-electron chi connectivity index (χ0n) is 8.82. The van der Waals surface area contributed by atoms with Gasteiger partial charge in [-0.2, -0.15) is 0 Å². The minimum Gasteiger partial charge on any atom is -0.501 e. The number of hydrogen-bond donors (Lipinski definition) is 0. The quantitative estimate of drug-likeness (QED) is 0.701. The second kappa shape index (κ2) is 5.14. The molecule has 1 aromatic carbocycles. The summed E-state index contributed by atoms with van der Waals surface area (Å²) in [7, 11) is -0.848. The molecule has 0 heterocycles. The SMILES string of the molecule is CCO[Si](C)(OC)Oc1ccccc1. The Morgan fingerprint density at radius 2 is 1.86 bits per heavy atom. The third kappa shape index (κ3) is 3.14. The van der Waals surface area contributed by atoms with Crippen molar-refractivity contribution in [3.8, 4) is 5.75 Å². The average molecular weight is 212 g/mol. The van der Waals surface area contributed by atoms with Gasteiger partial charge in [0.2, 0.25) is 0 Å². The van der Waals surface area contributed by atoms with E-state index in [9.17, 15) is 0 Å². The van der Waals surface area contributed by atoms with E-state index in [0.717, 1.165) is 5.75 Å². The zero-order valence-corrected chi connectivity index (χ0v) is 9.82. The number of para-hydroxylation sites is 1. The average Bonchev–Trinajstić information content (AvgIpc) is 2.20. The largest absolute Gasteiger partial charge is 0.562 e. The molecule has 1 unspecified atom stereocenters. The van der Waals surface area contributed by atoms with Crippen LogP contribution in [0, 0.1) is 0 Å². The first-order valence-electron chi connectivity index (χ1n) is 4.63. The normalized spacial score (nSPS) is 14.8. The van der Waals surface area contributed by atoms with Gasteiger partial charge in [-0.15, -0.1) is 0 Å². The Hall–Kier alpha value is -0.843. The number of hydrogen-bond acceptors (Lipinski definition) is 3. The van der Waals surface area contributed by atoms with Crippen LogP contribution in [0.15, 0.2) is 30.3 Å². The zero-order chi connectivity index (χ0) is 10.4. The number of rotatable bonds is 5. The van der Waals surface area contributed by atoms with Gasteiger partial charge in [0, 0.05) is 20.3 Å². The fourth-order valence-electron chi connectivity index (χ4n) is 1.09. The fraction of sp³-hybridized carbons (Fsp3) is 0.400. The van der Waals surface area contributed by atoms with Crippen LogP contribution < -0.4 is 4.43 Å². The van der Waals surface area contributed by atoms with Gasteiger partial charge in [-0.25, -0.2) is 0 Å². The Kier molecular flexibility index (Phi) is 4.12. The summed E-state index contributed by atoms with van der Waals surface area (Å²) in [5, 5.41) is 0. The van der Waals surface area contributed by atoms with E-state index in [4.69, 9.17) is 13.3 Å². The molecule has 0 aromatic heterocycles. The molecular weight excluding hydrogens is 196 g/mol. The molecule has 0 aliphatic carbocycles. The molecule has 0 spiro atoms. The highest BCUT2D eigenvalue weighted by Gasteiger charge is 2.35. The third-order valence-corrected chi connectivity index (χ3v) is 3.98. The lowest BCUT2D eigenvalue weighted by molar-refractivity contribution is 0.144. The summed E-state index contributed by atoms with van der Waals surface area (Å²) in [6.45, 7) is 4.41. The van der Waals surface area contributed by atoms with Gasteiger partial charge in [-0.1, -0.05) is 18.2 Å². The Morgan fingerprint density at radius 3 is 2.36 bits per heavy atom. The van der Waals surface area contributed by atoms with Crippen LogP contribution in [0.5, 0.6) is 5.75 Å². The molecule has 14 heavy (non-hydrogen) atoms. The van der Waals surface area contributed by atoms with Crippen LogP contribution in [0.4, 0.5) is 0 Å². The third-order valence-electron chi connectivity index (χ3n) is 1.82. The molecule has 1 rings (SSSR count). The Balaban J connectivity index is 2.65. The maximum absolute atomic E-state index is 5.69. The Labute approximate surface area is 86.0 Å². The predicted molar refractivity (Wildman–Crippen MR) is 57.3 cm³/mol. The molecule has 1 aromatic rings. The minimum absolute atomic E-state index is 0.601. The Bertz CT molecular complexity index is 265. The highest BCUT2D eigenvalue weighted by Crippen LogP contribution is 2.16. The van der Waals surface area contributed by atoms with Crippen LogP contribution in [0.3, 0.4) is 0 Å². The fourth-order valence-corrected chi connectivity index (χ4v) is 2.44. The Morgan fingerprint density at radius 1 is 1.21 bits per heavy atom.